The summed E-state index contributed by atoms with van der Waals surface area (Å²) >= 11 is 1.36. The zero-order valence-electron chi connectivity index (χ0n) is 15.7. The molecule has 1 amide bonds. The molecule has 8 heteroatoms. The number of halogens is 2. The Hall–Kier alpha value is -2.84. The molecule has 0 aliphatic carbocycles. The predicted octanol–water partition coefficient (Wildman–Crippen LogP) is 3.08. The minimum absolute atomic E-state index is 0.0239. The molecule has 1 aliphatic rings. The largest absolute Gasteiger partial charge is 0.404 e. The van der Waals surface area contributed by atoms with Gasteiger partial charge in [0.15, 0.2) is 11.6 Å². The zero-order valence-corrected chi connectivity index (χ0v) is 16.5. The van der Waals surface area contributed by atoms with Crippen LogP contribution in [0.25, 0.3) is 4.91 Å². The monoisotopic (exact) mass is 416 g/mol. The minimum Gasteiger partial charge on any atom is -0.404 e. The number of thioether (sulfide) groups is 1. The van der Waals surface area contributed by atoms with Crippen LogP contribution >= 0.6 is 11.8 Å². The number of carbonyl (C=O) groups excluding carboxylic acids is 1. The Labute approximate surface area is 172 Å². The number of nitrogens with two attached hydrogens (primary N) is 2. The molecule has 152 valence electrons. The highest BCUT2D eigenvalue weighted by Crippen LogP contribution is 2.34. The normalized spacial score (nSPS) is 14.3. The van der Waals surface area contributed by atoms with E-state index in [1.54, 1.807) is 0 Å². The Morgan fingerprint density at radius 1 is 1.28 bits per heavy atom. The number of anilines is 1. The third kappa shape index (κ3) is 5.36. The molecule has 0 bridgehead atoms. The second-order valence-corrected chi connectivity index (χ2v) is 7.88. The highest BCUT2D eigenvalue weighted by molar-refractivity contribution is 8.11. The van der Waals surface area contributed by atoms with Gasteiger partial charge in [-0.2, -0.15) is 0 Å². The van der Waals surface area contributed by atoms with Crippen LogP contribution in [0.15, 0.2) is 54.2 Å². The number of nitrogens with one attached hydrogen (secondary N) is 2. The van der Waals surface area contributed by atoms with E-state index < -0.39 is 11.6 Å². The Kier molecular flexibility index (Phi) is 6.56. The van der Waals surface area contributed by atoms with Crippen LogP contribution < -0.4 is 22.1 Å². The summed E-state index contributed by atoms with van der Waals surface area (Å²) in [5.41, 5.74) is 15.1. The first-order valence-electron chi connectivity index (χ1n) is 9.01. The fraction of sp³-hybridized carbons (Fsp3) is 0.190. The fourth-order valence-electron chi connectivity index (χ4n) is 3.03. The van der Waals surface area contributed by atoms with Crippen molar-refractivity contribution in [2.24, 2.45) is 11.5 Å². The van der Waals surface area contributed by atoms with Crippen LogP contribution in [0.4, 0.5) is 14.5 Å². The van der Waals surface area contributed by atoms with E-state index in [1.807, 2.05) is 18.2 Å². The first-order chi connectivity index (χ1) is 13.9. The number of carbonyl (C=O) groups is 1. The molecule has 0 radical (unpaired) electrons. The van der Waals surface area contributed by atoms with Gasteiger partial charge in [-0.05, 0) is 47.4 Å². The summed E-state index contributed by atoms with van der Waals surface area (Å²) in [5, 5.41) is 6.58. The number of hydrogen-bond acceptors (Lipinski definition) is 5. The van der Waals surface area contributed by atoms with Crippen LogP contribution in [-0.4, -0.2) is 18.5 Å². The summed E-state index contributed by atoms with van der Waals surface area (Å²) in [6.45, 7) is 4.39. The molecule has 0 spiro atoms. The third-order valence-corrected chi connectivity index (χ3v) is 5.43. The Bertz CT molecular complexity index is 977. The summed E-state index contributed by atoms with van der Waals surface area (Å²) in [7, 11) is 0. The molecule has 6 N–H and O–H groups in total. The van der Waals surface area contributed by atoms with Crippen LogP contribution in [0.1, 0.15) is 16.7 Å². The van der Waals surface area contributed by atoms with Crippen molar-refractivity contribution in [3.63, 3.8) is 0 Å². The van der Waals surface area contributed by atoms with Crippen LogP contribution in [0.5, 0.6) is 0 Å². The third-order valence-electron chi connectivity index (χ3n) is 4.44. The van der Waals surface area contributed by atoms with E-state index in [4.69, 9.17) is 11.5 Å². The molecule has 3 rings (SSSR count). The van der Waals surface area contributed by atoms with E-state index in [9.17, 15) is 13.6 Å². The lowest BCUT2D eigenvalue weighted by Crippen LogP contribution is -2.34. The summed E-state index contributed by atoms with van der Waals surface area (Å²) < 4.78 is 26.3. The first kappa shape index (κ1) is 20.9. The van der Waals surface area contributed by atoms with Crippen LogP contribution in [0.2, 0.25) is 0 Å². The lowest BCUT2D eigenvalue weighted by Gasteiger charge is -2.16. The summed E-state index contributed by atoms with van der Waals surface area (Å²) in [4.78, 5) is 12.3. The zero-order chi connectivity index (χ0) is 21.0. The molecule has 2 aromatic rings. The molecule has 1 heterocycles. The van der Waals surface area contributed by atoms with Crippen LogP contribution in [-0.2, 0) is 17.6 Å². The maximum absolute atomic E-state index is 13.3. The van der Waals surface area contributed by atoms with Gasteiger partial charge in [0.1, 0.15) is 0 Å². The lowest BCUT2D eigenvalue weighted by atomic mass is 10.1. The van der Waals surface area contributed by atoms with Gasteiger partial charge >= 0.3 is 0 Å². The van der Waals surface area contributed by atoms with Crippen molar-refractivity contribution in [1.29, 1.82) is 0 Å². The second-order valence-electron chi connectivity index (χ2n) is 6.75. The average molecular weight is 416 g/mol. The van der Waals surface area contributed by atoms with Gasteiger partial charge in [0.2, 0.25) is 5.91 Å². The molecular formula is C21H22F2N4OS. The molecule has 2 aromatic carbocycles. The van der Waals surface area contributed by atoms with Crippen molar-refractivity contribution in [1.82, 2.24) is 5.32 Å². The highest BCUT2D eigenvalue weighted by Gasteiger charge is 2.18. The van der Waals surface area contributed by atoms with E-state index in [0.717, 1.165) is 33.9 Å². The maximum atomic E-state index is 13.3. The summed E-state index contributed by atoms with van der Waals surface area (Å²) in [6.07, 6.45) is 2.24. The van der Waals surface area contributed by atoms with Crippen LogP contribution in [0, 0.1) is 11.6 Å². The Morgan fingerprint density at radius 3 is 2.79 bits per heavy atom. The van der Waals surface area contributed by atoms with Crippen molar-refractivity contribution in [3.8, 4) is 0 Å². The van der Waals surface area contributed by atoms with Gasteiger partial charge in [-0.1, -0.05) is 30.5 Å². The topological polar surface area (TPSA) is 93.2 Å². The highest BCUT2D eigenvalue weighted by atomic mass is 32.2. The van der Waals surface area contributed by atoms with Gasteiger partial charge < -0.3 is 22.1 Å². The van der Waals surface area contributed by atoms with Crippen molar-refractivity contribution in [2.45, 2.75) is 18.9 Å². The molecule has 29 heavy (non-hydrogen) atoms. The molecule has 0 unspecified atom stereocenters. The number of amides is 1. The summed E-state index contributed by atoms with van der Waals surface area (Å²) in [6, 6.07) is 9.14. The number of fused-ring (bicyclic) bond motifs is 1. The van der Waals surface area contributed by atoms with Crippen molar-refractivity contribution >= 4 is 28.3 Å². The molecule has 0 saturated carbocycles. The van der Waals surface area contributed by atoms with Crippen molar-refractivity contribution in [3.05, 3.63) is 82.5 Å². The molecule has 0 fully saturated rings. The molecule has 1 aliphatic heterocycles. The van der Waals surface area contributed by atoms with Gasteiger partial charge in [-0.3, -0.25) is 4.79 Å². The molecule has 0 saturated heterocycles. The van der Waals surface area contributed by atoms with Gasteiger partial charge in [0, 0.05) is 29.4 Å². The Balaban J connectivity index is 1.53. The Morgan fingerprint density at radius 2 is 2.07 bits per heavy atom. The van der Waals surface area contributed by atoms with Gasteiger partial charge in [-0.25, -0.2) is 8.78 Å². The average Bonchev–Trinajstić information content (AvgIpc) is 3.06. The van der Waals surface area contributed by atoms with Crippen LogP contribution in [0.3, 0.4) is 0 Å². The van der Waals surface area contributed by atoms with E-state index in [-0.39, 0.29) is 11.9 Å². The quantitative estimate of drug-likeness (QED) is 0.531. The number of rotatable bonds is 8. The summed E-state index contributed by atoms with van der Waals surface area (Å²) in [5.74, 6) is -1.78. The molecule has 5 nitrogen and oxygen atoms in total. The van der Waals surface area contributed by atoms with Gasteiger partial charge in [0.25, 0.3) is 0 Å². The first-order valence-corrected chi connectivity index (χ1v) is 9.82. The van der Waals surface area contributed by atoms with E-state index in [0.29, 0.717) is 30.0 Å². The van der Waals surface area contributed by atoms with Crippen molar-refractivity contribution < 1.29 is 13.6 Å². The smallest absolute Gasteiger partial charge is 0.228 e. The van der Waals surface area contributed by atoms with E-state index in [2.05, 4.69) is 17.2 Å². The van der Waals surface area contributed by atoms with E-state index >= 15 is 0 Å². The molecule has 1 atom stereocenters. The van der Waals surface area contributed by atoms with Gasteiger partial charge in [0.05, 0.1) is 11.4 Å². The fourth-order valence-corrected chi connectivity index (χ4v) is 3.76. The van der Waals surface area contributed by atoms with E-state index in [1.165, 1.54) is 24.0 Å². The predicted molar refractivity (Wildman–Crippen MR) is 114 cm³/mol. The number of hydrogen-bond donors (Lipinski definition) is 4. The number of benzene rings is 2. The standard InChI is InChI=1S/C21H22F2N4OS/c1-12(26-11-16(25)6-13-2-4-17(22)18(23)7-13)29-20(10-24)14-3-5-19-15(8-14)9-21(28)27-19/h2-5,7-8,10,16,26H,1,6,9,11,24-25H2,(H,27,28)/b20-10-/t16-/m0/s1. The minimum atomic E-state index is -0.883. The second kappa shape index (κ2) is 9.11. The SMILES string of the molecule is C=C(NC[C@@H](N)Cc1ccc(F)c(F)c1)S/C(=C\N)c1ccc2c(c1)CC(=O)N2. The van der Waals surface area contributed by atoms with Crippen molar-refractivity contribution in [2.75, 3.05) is 11.9 Å². The maximum Gasteiger partial charge on any atom is 0.228 e. The lowest BCUT2D eigenvalue weighted by molar-refractivity contribution is -0.115. The van der Waals surface area contributed by atoms with Gasteiger partial charge in [-0.15, -0.1) is 0 Å². The molecular weight excluding hydrogens is 394 g/mol. The molecule has 0 aromatic heterocycles.